The molecule has 0 fully saturated rings. The van der Waals surface area contributed by atoms with E-state index >= 15 is 0 Å². The minimum Gasteiger partial charge on any atom is -0.493 e. The quantitative estimate of drug-likeness (QED) is 0.413. The highest BCUT2D eigenvalue weighted by atomic mass is 16.5. The van der Waals surface area contributed by atoms with Crippen LogP contribution in [0.15, 0.2) is 59.4 Å². The second kappa shape index (κ2) is 8.56. The number of hydrogen-bond donors (Lipinski definition) is 3. The summed E-state index contributed by atoms with van der Waals surface area (Å²) >= 11 is 0. The van der Waals surface area contributed by atoms with Crippen molar-refractivity contribution in [3.63, 3.8) is 0 Å². The number of ether oxygens (including phenoxy) is 2. The second-order valence-electron chi connectivity index (χ2n) is 6.56. The first kappa shape index (κ1) is 19.3. The molecule has 0 saturated heterocycles. The van der Waals surface area contributed by atoms with E-state index in [1.165, 1.54) is 10.6 Å². The lowest BCUT2D eigenvalue weighted by atomic mass is 10.2. The van der Waals surface area contributed by atoms with Gasteiger partial charge in [0.1, 0.15) is 0 Å². The number of nitrogens with one attached hydrogen (secondary N) is 3. The molecule has 2 aromatic carbocycles. The molecule has 30 heavy (non-hydrogen) atoms. The molecule has 0 amide bonds. The van der Waals surface area contributed by atoms with Gasteiger partial charge in [-0.1, -0.05) is 24.3 Å². The van der Waals surface area contributed by atoms with E-state index < -0.39 is 0 Å². The Kier molecular flexibility index (Phi) is 5.51. The monoisotopic (exact) mass is 406 g/mol. The Hall–Kier alpha value is -4.01. The first-order chi connectivity index (χ1) is 14.7. The molecule has 9 heteroatoms. The van der Waals surface area contributed by atoms with Gasteiger partial charge in [0, 0.05) is 18.3 Å². The summed E-state index contributed by atoms with van der Waals surface area (Å²) in [6, 6.07) is 16.9. The average molecular weight is 406 g/mol. The summed E-state index contributed by atoms with van der Waals surface area (Å²) in [6.07, 6.45) is 0. The first-order valence-electron chi connectivity index (χ1n) is 9.38. The van der Waals surface area contributed by atoms with Crippen LogP contribution in [0.5, 0.6) is 11.5 Å². The molecule has 0 spiro atoms. The van der Waals surface area contributed by atoms with Crippen LogP contribution in [0, 0.1) is 0 Å². The van der Waals surface area contributed by atoms with Crippen LogP contribution in [0.25, 0.3) is 5.78 Å². The number of hydrogen-bond acceptors (Lipinski definition) is 7. The number of methoxy groups -OCH3 is 2. The molecule has 4 rings (SSSR count). The molecular weight excluding hydrogens is 384 g/mol. The average Bonchev–Trinajstić information content (AvgIpc) is 3.20. The normalized spacial score (nSPS) is 10.7. The number of fused-ring (bicyclic) bond motifs is 1. The Morgan fingerprint density at radius 2 is 1.73 bits per heavy atom. The van der Waals surface area contributed by atoms with Gasteiger partial charge in [-0.05, 0) is 29.8 Å². The molecule has 154 valence electrons. The van der Waals surface area contributed by atoms with Crippen molar-refractivity contribution < 1.29 is 9.47 Å². The number of rotatable bonds is 8. The molecule has 9 nitrogen and oxygen atoms in total. The minimum atomic E-state index is -0.225. The van der Waals surface area contributed by atoms with Gasteiger partial charge in [0.25, 0.3) is 11.3 Å². The smallest absolute Gasteiger partial charge is 0.274 e. The van der Waals surface area contributed by atoms with Gasteiger partial charge >= 0.3 is 0 Å². The molecule has 0 radical (unpaired) electrons. The van der Waals surface area contributed by atoms with Crippen LogP contribution < -0.4 is 25.7 Å². The lowest BCUT2D eigenvalue weighted by Crippen LogP contribution is -2.17. The third-order valence-corrected chi connectivity index (χ3v) is 4.54. The molecule has 0 atom stereocenters. The maximum Gasteiger partial charge on any atom is 0.274 e. The molecule has 2 aromatic heterocycles. The summed E-state index contributed by atoms with van der Waals surface area (Å²) in [6.45, 7) is 0.911. The fourth-order valence-electron chi connectivity index (χ4n) is 3.02. The predicted octanol–water partition coefficient (Wildman–Crippen LogP) is 2.66. The van der Waals surface area contributed by atoms with Crippen molar-refractivity contribution in [1.82, 2.24) is 19.6 Å². The van der Waals surface area contributed by atoms with Crippen molar-refractivity contribution in [1.29, 1.82) is 0 Å². The maximum absolute atomic E-state index is 12.4. The van der Waals surface area contributed by atoms with Crippen LogP contribution in [-0.2, 0) is 13.1 Å². The summed E-state index contributed by atoms with van der Waals surface area (Å²) in [5.41, 5.74) is 2.32. The van der Waals surface area contributed by atoms with Crippen LogP contribution in [-0.4, -0.2) is 33.8 Å². The number of aromatic amines is 1. The highest BCUT2D eigenvalue weighted by Gasteiger charge is 2.09. The highest BCUT2D eigenvalue weighted by Crippen LogP contribution is 2.27. The first-order valence-corrected chi connectivity index (χ1v) is 9.38. The van der Waals surface area contributed by atoms with E-state index in [0.29, 0.717) is 42.0 Å². The third-order valence-electron chi connectivity index (χ3n) is 4.54. The number of benzene rings is 2. The van der Waals surface area contributed by atoms with Crippen molar-refractivity contribution in [3.8, 4) is 11.5 Å². The number of H-pyrrole nitrogens is 1. The van der Waals surface area contributed by atoms with Gasteiger partial charge in [-0.2, -0.15) is 9.50 Å². The third kappa shape index (κ3) is 4.19. The lowest BCUT2D eigenvalue weighted by Gasteiger charge is -2.09. The molecule has 2 heterocycles. The molecular formula is C21H22N6O3. The molecule has 0 unspecified atom stereocenters. The molecule has 0 bridgehead atoms. The maximum atomic E-state index is 12.4. The number of para-hydroxylation sites is 1. The fourth-order valence-corrected chi connectivity index (χ4v) is 3.02. The van der Waals surface area contributed by atoms with Crippen LogP contribution in [0.3, 0.4) is 0 Å². The van der Waals surface area contributed by atoms with Crippen molar-refractivity contribution in [2.75, 3.05) is 24.9 Å². The SMILES string of the molecule is COc1ccc(CNc2nc3nc(CNc4ccccc4)cc(=O)n3[nH]2)cc1OC. The van der Waals surface area contributed by atoms with Gasteiger partial charge in [0.15, 0.2) is 11.5 Å². The van der Waals surface area contributed by atoms with E-state index in [2.05, 4.69) is 25.7 Å². The van der Waals surface area contributed by atoms with Gasteiger partial charge in [-0.15, -0.1) is 0 Å². The number of nitrogens with zero attached hydrogens (tertiary/aromatic N) is 3. The van der Waals surface area contributed by atoms with Crippen molar-refractivity contribution in [2.24, 2.45) is 0 Å². The summed E-state index contributed by atoms with van der Waals surface area (Å²) in [7, 11) is 3.19. The zero-order chi connectivity index (χ0) is 20.9. The van der Waals surface area contributed by atoms with Crippen LogP contribution >= 0.6 is 0 Å². The van der Waals surface area contributed by atoms with E-state index in [9.17, 15) is 4.79 Å². The summed E-state index contributed by atoms with van der Waals surface area (Å²) in [5.74, 6) is 2.07. The highest BCUT2D eigenvalue weighted by molar-refractivity contribution is 5.45. The topological polar surface area (TPSA) is 106 Å². The van der Waals surface area contributed by atoms with Crippen LogP contribution in [0.1, 0.15) is 11.3 Å². The summed E-state index contributed by atoms with van der Waals surface area (Å²) < 4.78 is 11.9. The Labute approximate surface area is 172 Å². The summed E-state index contributed by atoms with van der Waals surface area (Å²) in [4.78, 5) is 21.3. The van der Waals surface area contributed by atoms with Gasteiger partial charge in [-0.25, -0.2) is 4.98 Å². The van der Waals surface area contributed by atoms with E-state index in [1.807, 2.05) is 48.5 Å². The van der Waals surface area contributed by atoms with Crippen molar-refractivity contribution in [3.05, 3.63) is 76.2 Å². The van der Waals surface area contributed by atoms with Gasteiger partial charge in [-0.3, -0.25) is 9.89 Å². The standard InChI is InChI=1S/C21H22N6O3/c1-29-17-9-8-14(10-18(17)30-2)12-23-20-25-21-24-16(11-19(28)27(21)26-20)13-22-15-6-4-3-5-7-15/h3-11,22H,12-13H2,1-2H3,(H2,23,24,25,26). The van der Waals surface area contributed by atoms with Gasteiger partial charge < -0.3 is 20.1 Å². The fraction of sp³-hybridized carbons (Fsp3) is 0.190. The molecule has 0 aliphatic carbocycles. The minimum absolute atomic E-state index is 0.225. The zero-order valence-corrected chi connectivity index (χ0v) is 16.7. The molecule has 3 N–H and O–H groups in total. The molecule has 0 saturated carbocycles. The van der Waals surface area contributed by atoms with Gasteiger partial charge in [0.2, 0.25) is 5.95 Å². The van der Waals surface area contributed by atoms with Crippen molar-refractivity contribution in [2.45, 2.75) is 13.1 Å². The molecule has 0 aliphatic heterocycles. The van der Waals surface area contributed by atoms with E-state index in [-0.39, 0.29) is 5.56 Å². The summed E-state index contributed by atoms with van der Waals surface area (Å²) in [5, 5.41) is 9.33. The Bertz CT molecular complexity index is 1200. The van der Waals surface area contributed by atoms with E-state index in [1.54, 1.807) is 14.2 Å². The Morgan fingerprint density at radius 1 is 0.933 bits per heavy atom. The Morgan fingerprint density at radius 3 is 2.50 bits per heavy atom. The zero-order valence-electron chi connectivity index (χ0n) is 16.7. The largest absolute Gasteiger partial charge is 0.493 e. The molecule has 0 aliphatic rings. The van der Waals surface area contributed by atoms with Crippen LogP contribution in [0.2, 0.25) is 0 Å². The second-order valence-corrected chi connectivity index (χ2v) is 6.56. The lowest BCUT2D eigenvalue weighted by molar-refractivity contribution is 0.354. The van der Waals surface area contributed by atoms with E-state index in [4.69, 9.17) is 9.47 Å². The van der Waals surface area contributed by atoms with Crippen LogP contribution in [0.4, 0.5) is 11.6 Å². The Balaban J connectivity index is 1.48. The van der Waals surface area contributed by atoms with Gasteiger partial charge in [0.05, 0.1) is 26.5 Å². The van der Waals surface area contributed by atoms with E-state index in [0.717, 1.165) is 11.3 Å². The molecule has 4 aromatic rings. The number of aromatic nitrogens is 4. The van der Waals surface area contributed by atoms with Crippen molar-refractivity contribution >= 4 is 17.4 Å². The predicted molar refractivity (Wildman–Crippen MR) is 114 cm³/mol. The number of anilines is 2.